The van der Waals surface area contributed by atoms with Crippen molar-refractivity contribution in [3.63, 3.8) is 0 Å². The third-order valence-corrected chi connectivity index (χ3v) is 3.88. The first-order valence-electron chi connectivity index (χ1n) is 8.41. The molecule has 0 aliphatic rings. The van der Waals surface area contributed by atoms with Gasteiger partial charge in [0, 0.05) is 11.1 Å². The summed E-state index contributed by atoms with van der Waals surface area (Å²) in [7, 11) is 6.09. The van der Waals surface area contributed by atoms with Gasteiger partial charge in [0.05, 0.1) is 35.0 Å². The highest BCUT2D eigenvalue weighted by atomic mass is 16.5. The summed E-state index contributed by atoms with van der Waals surface area (Å²) in [6, 6.07) is 8.74. The average molecular weight is 372 g/mol. The maximum atomic E-state index is 12.7. The Balaban J connectivity index is 2.36. The summed E-state index contributed by atoms with van der Waals surface area (Å²) in [5.74, 6) is 2.27. The number of hydrogen-bond donors (Lipinski definition) is 0. The van der Waals surface area contributed by atoms with Gasteiger partial charge in [0.1, 0.15) is 0 Å². The molecule has 27 heavy (non-hydrogen) atoms. The molecule has 6 heteroatoms. The molecule has 0 heterocycles. The molecule has 2 rings (SSSR count). The lowest BCUT2D eigenvalue weighted by atomic mass is 10.1. The minimum Gasteiger partial charge on any atom is -0.493 e. The van der Waals surface area contributed by atoms with E-state index in [1.165, 1.54) is 27.4 Å². The van der Waals surface area contributed by atoms with E-state index in [-0.39, 0.29) is 5.78 Å². The Hall–Kier alpha value is -3.15. The van der Waals surface area contributed by atoms with Crippen molar-refractivity contribution in [1.29, 1.82) is 0 Å². The van der Waals surface area contributed by atoms with Gasteiger partial charge in [-0.1, -0.05) is 12.1 Å². The zero-order valence-electron chi connectivity index (χ0n) is 16.2. The van der Waals surface area contributed by atoms with Gasteiger partial charge in [-0.15, -0.1) is 0 Å². The lowest BCUT2D eigenvalue weighted by Gasteiger charge is -2.13. The molecule has 0 bridgehead atoms. The van der Waals surface area contributed by atoms with E-state index in [1.54, 1.807) is 25.3 Å². The maximum Gasteiger partial charge on any atom is 0.203 e. The Bertz CT molecular complexity index is 800. The van der Waals surface area contributed by atoms with Crippen molar-refractivity contribution >= 4 is 11.9 Å². The van der Waals surface area contributed by atoms with Gasteiger partial charge in [-0.2, -0.15) is 0 Å². The van der Waals surface area contributed by atoms with E-state index >= 15 is 0 Å². The first-order valence-corrected chi connectivity index (χ1v) is 8.41. The predicted molar refractivity (Wildman–Crippen MR) is 104 cm³/mol. The van der Waals surface area contributed by atoms with Crippen LogP contribution in [0.1, 0.15) is 22.8 Å². The van der Waals surface area contributed by atoms with Crippen LogP contribution in [0.15, 0.2) is 36.4 Å². The van der Waals surface area contributed by atoms with E-state index in [4.69, 9.17) is 23.7 Å². The molecule has 0 unspecified atom stereocenters. The van der Waals surface area contributed by atoms with Gasteiger partial charge in [0.15, 0.2) is 28.8 Å². The van der Waals surface area contributed by atoms with Crippen LogP contribution in [0.4, 0.5) is 0 Å². The lowest BCUT2D eigenvalue weighted by molar-refractivity contribution is 0.104. The molecule has 0 fully saturated rings. The molecule has 2 aromatic carbocycles. The second kappa shape index (κ2) is 9.52. The fourth-order valence-electron chi connectivity index (χ4n) is 2.64. The van der Waals surface area contributed by atoms with Gasteiger partial charge in [-0.25, -0.2) is 0 Å². The molecular weight excluding hydrogens is 348 g/mol. The van der Waals surface area contributed by atoms with Crippen molar-refractivity contribution in [3.05, 3.63) is 47.5 Å². The molecule has 144 valence electrons. The van der Waals surface area contributed by atoms with Gasteiger partial charge in [-0.3, -0.25) is 4.79 Å². The summed E-state index contributed by atoms with van der Waals surface area (Å²) in [5, 5.41) is 0. The van der Waals surface area contributed by atoms with E-state index in [2.05, 4.69) is 0 Å². The highest BCUT2D eigenvalue weighted by molar-refractivity contribution is 6.07. The van der Waals surface area contributed by atoms with E-state index in [9.17, 15) is 4.79 Å². The highest BCUT2D eigenvalue weighted by Gasteiger charge is 2.16. The standard InChI is InChI=1S/C21H24O6/c1-6-27-17-9-7-8-14(20(17)25-4)10-11-16(22)15-12-18(23-2)21(26-5)19(13-15)24-3/h7-13H,6H2,1-5H3. The molecule has 0 atom stereocenters. The summed E-state index contributed by atoms with van der Waals surface area (Å²) in [6.45, 7) is 2.42. The summed E-state index contributed by atoms with van der Waals surface area (Å²) >= 11 is 0. The predicted octanol–water partition coefficient (Wildman–Crippen LogP) is 4.02. The number of methoxy groups -OCH3 is 4. The molecule has 0 saturated heterocycles. The van der Waals surface area contributed by atoms with Gasteiger partial charge < -0.3 is 23.7 Å². The Labute approximate surface area is 159 Å². The molecule has 0 saturated carbocycles. The summed E-state index contributed by atoms with van der Waals surface area (Å²) in [4.78, 5) is 12.7. The fraction of sp³-hybridized carbons (Fsp3) is 0.286. The number of benzene rings is 2. The van der Waals surface area contributed by atoms with Crippen molar-refractivity contribution in [2.75, 3.05) is 35.0 Å². The smallest absolute Gasteiger partial charge is 0.203 e. The Kier molecular flexibility index (Phi) is 7.11. The fourth-order valence-corrected chi connectivity index (χ4v) is 2.64. The zero-order valence-corrected chi connectivity index (χ0v) is 16.2. The second-order valence-corrected chi connectivity index (χ2v) is 5.42. The van der Waals surface area contributed by atoms with Crippen LogP contribution < -0.4 is 23.7 Å². The largest absolute Gasteiger partial charge is 0.493 e. The van der Waals surface area contributed by atoms with Crippen LogP contribution in [0.5, 0.6) is 28.7 Å². The first-order chi connectivity index (χ1) is 13.1. The molecule has 6 nitrogen and oxygen atoms in total. The normalized spacial score (nSPS) is 10.6. The zero-order chi connectivity index (χ0) is 19.8. The quantitative estimate of drug-likeness (QED) is 0.489. The Morgan fingerprint density at radius 2 is 1.52 bits per heavy atom. The third kappa shape index (κ3) is 4.53. The number of ether oxygens (including phenoxy) is 5. The number of allylic oxidation sites excluding steroid dienone is 1. The monoisotopic (exact) mass is 372 g/mol. The third-order valence-electron chi connectivity index (χ3n) is 3.88. The van der Waals surface area contributed by atoms with E-state index < -0.39 is 0 Å². The van der Waals surface area contributed by atoms with Crippen molar-refractivity contribution in [2.24, 2.45) is 0 Å². The Morgan fingerprint density at radius 1 is 0.889 bits per heavy atom. The highest BCUT2D eigenvalue weighted by Crippen LogP contribution is 2.38. The topological polar surface area (TPSA) is 63.2 Å². The molecule has 0 aliphatic heterocycles. The summed E-state index contributed by atoms with van der Waals surface area (Å²) in [6.07, 6.45) is 3.15. The SMILES string of the molecule is CCOc1cccc(C=CC(=O)c2cc(OC)c(OC)c(OC)c2)c1OC. The van der Waals surface area contributed by atoms with Gasteiger partial charge in [-0.05, 0) is 37.3 Å². The van der Waals surface area contributed by atoms with Crippen molar-refractivity contribution in [3.8, 4) is 28.7 Å². The summed E-state index contributed by atoms with van der Waals surface area (Å²) < 4.78 is 26.8. The van der Waals surface area contributed by atoms with Crippen LogP contribution in [0.25, 0.3) is 6.08 Å². The first kappa shape index (κ1) is 20.2. The van der Waals surface area contributed by atoms with E-state index in [0.717, 1.165) is 5.56 Å². The van der Waals surface area contributed by atoms with Crippen LogP contribution in [0, 0.1) is 0 Å². The number of hydrogen-bond acceptors (Lipinski definition) is 6. The number of ketones is 1. The molecule has 0 amide bonds. The van der Waals surface area contributed by atoms with Crippen LogP contribution in [-0.4, -0.2) is 40.8 Å². The van der Waals surface area contributed by atoms with E-state index in [0.29, 0.717) is 40.9 Å². The minimum atomic E-state index is -0.210. The van der Waals surface area contributed by atoms with Gasteiger partial charge in [0.2, 0.25) is 5.75 Å². The van der Waals surface area contributed by atoms with Crippen molar-refractivity contribution in [1.82, 2.24) is 0 Å². The van der Waals surface area contributed by atoms with Crippen molar-refractivity contribution in [2.45, 2.75) is 6.92 Å². The second-order valence-electron chi connectivity index (χ2n) is 5.42. The van der Waals surface area contributed by atoms with E-state index in [1.807, 2.05) is 25.1 Å². The number of carbonyl (C=O) groups excluding carboxylic acids is 1. The molecule has 0 aliphatic carbocycles. The molecule has 2 aromatic rings. The van der Waals surface area contributed by atoms with Crippen LogP contribution in [0.3, 0.4) is 0 Å². The Morgan fingerprint density at radius 3 is 2.04 bits per heavy atom. The minimum absolute atomic E-state index is 0.210. The molecule has 0 spiro atoms. The van der Waals surface area contributed by atoms with Crippen LogP contribution in [-0.2, 0) is 0 Å². The summed E-state index contributed by atoms with van der Waals surface area (Å²) in [5.41, 5.74) is 1.16. The van der Waals surface area contributed by atoms with Gasteiger partial charge >= 0.3 is 0 Å². The van der Waals surface area contributed by atoms with Gasteiger partial charge in [0.25, 0.3) is 0 Å². The number of para-hydroxylation sites is 1. The lowest BCUT2D eigenvalue weighted by Crippen LogP contribution is -2.01. The maximum absolute atomic E-state index is 12.7. The van der Waals surface area contributed by atoms with Crippen LogP contribution >= 0.6 is 0 Å². The van der Waals surface area contributed by atoms with Crippen molar-refractivity contribution < 1.29 is 28.5 Å². The molecule has 0 aromatic heterocycles. The van der Waals surface area contributed by atoms with Crippen LogP contribution in [0.2, 0.25) is 0 Å². The average Bonchev–Trinajstić information content (AvgIpc) is 2.70. The molecule has 0 N–H and O–H groups in total. The number of rotatable bonds is 9. The number of carbonyl (C=O) groups is 1. The molecular formula is C21H24O6. The molecule has 0 radical (unpaired) electrons.